The van der Waals surface area contributed by atoms with Crippen molar-refractivity contribution in [3.8, 4) is 22.6 Å². The highest BCUT2D eigenvalue weighted by Gasteiger charge is 2.11. The van der Waals surface area contributed by atoms with Gasteiger partial charge in [-0.25, -0.2) is 4.79 Å². The van der Waals surface area contributed by atoms with Crippen LogP contribution in [0.5, 0.6) is 11.5 Å². The van der Waals surface area contributed by atoms with E-state index >= 15 is 0 Å². The van der Waals surface area contributed by atoms with E-state index in [1.807, 2.05) is 66.7 Å². The predicted octanol–water partition coefficient (Wildman–Crippen LogP) is 9.98. The summed E-state index contributed by atoms with van der Waals surface area (Å²) in [6.45, 7) is 7.45. The van der Waals surface area contributed by atoms with E-state index < -0.39 is 0 Å². The van der Waals surface area contributed by atoms with Crippen molar-refractivity contribution >= 4 is 16.7 Å². The van der Waals surface area contributed by atoms with Crippen LogP contribution in [-0.4, -0.2) is 12.6 Å². The lowest BCUT2D eigenvalue weighted by Gasteiger charge is -2.13. The molecule has 3 heteroatoms. The standard InChI is InChI=1S/C35H40O3/c1-4-6-8-9-10-26(3)30-15-16-32-25-34(22-19-31(32)24-30)38-35(36)29-13-11-27(12-14-29)28-17-20-33(21-18-28)37-23-7-5-2/h11-22,24-26H,4-10,23H2,1-3H3/t26-/m1/s1. The molecule has 0 fully saturated rings. The Balaban J connectivity index is 1.36. The second-order valence-corrected chi connectivity index (χ2v) is 10.2. The summed E-state index contributed by atoms with van der Waals surface area (Å²) in [5, 5.41) is 2.25. The van der Waals surface area contributed by atoms with E-state index in [-0.39, 0.29) is 5.97 Å². The molecule has 4 rings (SSSR count). The van der Waals surface area contributed by atoms with Crippen LogP contribution in [0.2, 0.25) is 0 Å². The first-order valence-corrected chi connectivity index (χ1v) is 14.2. The van der Waals surface area contributed by atoms with Crippen molar-refractivity contribution in [3.63, 3.8) is 0 Å². The summed E-state index contributed by atoms with van der Waals surface area (Å²) in [7, 11) is 0. The van der Waals surface area contributed by atoms with E-state index in [9.17, 15) is 4.79 Å². The van der Waals surface area contributed by atoms with Gasteiger partial charge in [-0.15, -0.1) is 0 Å². The summed E-state index contributed by atoms with van der Waals surface area (Å²) in [5.74, 6) is 1.64. The molecule has 0 unspecified atom stereocenters. The van der Waals surface area contributed by atoms with E-state index in [1.165, 1.54) is 43.1 Å². The zero-order chi connectivity index (χ0) is 26.7. The highest BCUT2D eigenvalue weighted by Crippen LogP contribution is 2.29. The molecule has 0 N–H and O–H groups in total. The lowest BCUT2D eigenvalue weighted by atomic mass is 9.93. The van der Waals surface area contributed by atoms with E-state index in [1.54, 1.807) is 0 Å². The fourth-order valence-electron chi connectivity index (χ4n) is 4.70. The molecule has 0 aromatic heterocycles. The molecule has 4 aromatic carbocycles. The number of carbonyl (C=O) groups is 1. The Morgan fingerprint density at radius 1 is 0.684 bits per heavy atom. The van der Waals surface area contributed by atoms with Gasteiger partial charge in [-0.3, -0.25) is 0 Å². The minimum absolute atomic E-state index is 0.354. The molecule has 0 aliphatic heterocycles. The van der Waals surface area contributed by atoms with Crippen LogP contribution in [0.4, 0.5) is 0 Å². The van der Waals surface area contributed by atoms with Crippen molar-refractivity contribution in [2.75, 3.05) is 6.61 Å². The predicted molar refractivity (Wildman–Crippen MR) is 158 cm³/mol. The van der Waals surface area contributed by atoms with Crippen LogP contribution in [0.15, 0.2) is 84.9 Å². The third kappa shape index (κ3) is 7.47. The zero-order valence-corrected chi connectivity index (χ0v) is 23.0. The number of esters is 1. The number of benzene rings is 4. The molecule has 0 aliphatic carbocycles. The smallest absolute Gasteiger partial charge is 0.343 e. The molecule has 0 saturated heterocycles. The first-order valence-electron chi connectivity index (χ1n) is 14.2. The number of unbranched alkanes of at least 4 members (excludes halogenated alkanes) is 4. The van der Waals surface area contributed by atoms with Crippen LogP contribution in [-0.2, 0) is 0 Å². The second-order valence-electron chi connectivity index (χ2n) is 10.2. The third-order valence-electron chi connectivity index (χ3n) is 7.18. The van der Waals surface area contributed by atoms with Gasteiger partial charge in [-0.2, -0.15) is 0 Å². The van der Waals surface area contributed by atoms with Gasteiger partial charge in [0, 0.05) is 0 Å². The molecule has 198 valence electrons. The average molecular weight is 509 g/mol. The Labute approximate surface area is 227 Å². The van der Waals surface area contributed by atoms with Gasteiger partial charge in [0.25, 0.3) is 0 Å². The number of rotatable bonds is 13. The minimum Gasteiger partial charge on any atom is -0.494 e. The Morgan fingerprint density at radius 2 is 1.32 bits per heavy atom. The van der Waals surface area contributed by atoms with Crippen LogP contribution in [0, 0.1) is 0 Å². The molecule has 38 heavy (non-hydrogen) atoms. The molecule has 0 aliphatic rings. The summed E-state index contributed by atoms with van der Waals surface area (Å²) in [6.07, 6.45) is 8.58. The fraction of sp³-hybridized carbons (Fsp3) is 0.343. The highest BCUT2D eigenvalue weighted by molar-refractivity contribution is 5.92. The van der Waals surface area contributed by atoms with Crippen LogP contribution in [0.25, 0.3) is 21.9 Å². The molecule has 0 amide bonds. The third-order valence-corrected chi connectivity index (χ3v) is 7.18. The molecule has 3 nitrogen and oxygen atoms in total. The van der Waals surface area contributed by atoms with Crippen LogP contribution in [0.3, 0.4) is 0 Å². The maximum atomic E-state index is 12.8. The highest BCUT2D eigenvalue weighted by atomic mass is 16.5. The van der Waals surface area contributed by atoms with Crippen LogP contribution < -0.4 is 9.47 Å². The first kappa shape index (κ1) is 27.4. The molecule has 0 saturated carbocycles. The van der Waals surface area contributed by atoms with Gasteiger partial charge in [0.1, 0.15) is 11.5 Å². The Kier molecular flexibility index (Phi) is 9.97. The summed E-state index contributed by atoms with van der Waals surface area (Å²) < 4.78 is 11.5. The maximum Gasteiger partial charge on any atom is 0.343 e. The lowest BCUT2D eigenvalue weighted by molar-refractivity contribution is 0.0735. The van der Waals surface area contributed by atoms with E-state index in [4.69, 9.17) is 9.47 Å². The summed E-state index contributed by atoms with van der Waals surface area (Å²) in [5.41, 5.74) is 4.03. The molecule has 0 spiro atoms. The molecule has 1 atom stereocenters. The average Bonchev–Trinajstić information content (AvgIpc) is 2.95. The molecule has 0 heterocycles. The summed E-state index contributed by atoms with van der Waals surface area (Å²) >= 11 is 0. The van der Waals surface area contributed by atoms with Gasteiger partial charge in [0.05, 0.1) is 12.2 Å². The quantitative estimate of drug-likeness (QED) is 0.102. The first-order chi connectivity index (χ1) is 18.6. The van der Waals surface area contributed by atoms with Gasteiger partial charge in [0.2, 0.25) is 0 Å². The summed E-state index contributed by atoms with van der Waals surface area (Å²) in [6, 6.07) is 28.1. The van der Waals surface area contributed by atoms with Gasteiger partial charge in [0.15, 0.2) is 0 Å². The van der Waals surface area contributed by atoms with Gasteiger partial charge < -0.3 is 9.47 Å². The van der Waals surface area contributed by atoms with Crippen molar-refractivity contribution in [1.82, 2.24) is 0 Å². The molecule has 0 bridgehead atoms. The van der Waals surface area contributed by atoms with Gasteiger partial charge in [-0.1, -0.05) is 101 Å². The molecule has 4 aromatic rings. The van der Waals surface area contributed by atoms with E-state index in [0.29, 0.717) is 17.2 Å². The number of fused-ring (bicyclic) bond motifs is 1. The van der Waals surface area contributed by atoms with Crippen LogP contribution in [0.1, 0.15) is 87.6 Å². The number of ether oxygens (including phenoxy) is 2. The Morgan fingerprint density at radius 3 is 2.03 bits per heavy atom. The molecular formula is C35H40O3. The van der Waals surface area contributed by atoms with Crippen molar-refractivity contribution in [2.45, 2.75) is 71.6 Å². The van der Waals surface area contributed by atoms with E-state index in [2.05, 4.69) is 39.0 Å². The summed E-state index contributed by atoms with van der Waals surface area (Å²) in [4.78, 5) is 12.8. The van der Waals surface area contributed by atoms with Crippen LogP contribution >= 0.6 is 0 Å². The number of hydrogen-bond donors (Lipinski definition) is 0. The Bertz CT molecular complexity index is 1310. The monoisotopic (exact) mass is 508 g/mol. The Hall–Kier alpha value is -3.59. The number of hydrogen-bond acceptors (Lipinski definition) is 3. The van der Waals surface area contributed by atoms with Crippen molar-refractivity contribution in [2.24, 2.45) is 0 Å². The van der Waals surface area contributed by atoms with Crippen molar-refractivity contribution < 1.29 is 14.3 Å². The van der Waals surface area contributed by atoms with E-state index in [0.717, 1.165) is 41.7 Å². The second kappa shape index (κ2) is 13.8. The molecule has 0 radical (unpaired) electrons. The topological polar surface area (TPSA) is 35.5 Å². The normalized spacial score (nSPS) is 11.9. The van der Waals surface area contributed by atoms with Gasteiger partial charge >= 0.3 is 5.97 Å². The van der Waals surface area contributed by atoms with Crippen molar-refractivity contribution in [3.05, 3.63) is 96.1 Å². The minimum atomic E-state index is -0.354. The SMILES string of the molecule is CCCCCC[C@@H](C)c1ccc2cc(OC(=O)c3ccc(-c4ccc(OCCCC)cc4)cc3)ccc2c1. The number of carbonyl (C=O) groups excluding carboxylic acids is 1. The van der Waals surface area contributed by atoms with Crippen molar-refractivity contribution in [1.29, 1.82) is 0 Å². The zero-order valence-electron chi connectivity index (χ0n) is 23.0. The largest absolute Gasteiger partial charge is 0.494 e. The maximum absolute atomic E-state index is 12.8. The fourth-order valence-corrected chi connectivity index (χ4v) is 4.70. The lowest BCUT2D eigenvalue weighted by Crippen LogP contribution is -2.08. The molecular weight excluding hydrogens is 468 g/mol. The van der Waals surface area contributed by atoms with Gasteiger partial charge in [-0.05, 0) is 82.6 Å².